The zero-order chi connectivity index (χ0) is 18.4. The summed E-state index contributed by atoms with van der Waals surface area (Å²) >= 11 is 2.06. The van der Waals surface area contributed by atoms with Gasteiger partial charge in [0.1, 0.15) is 6.29 Å². The van der Waals surface area contributed by atoms with E-state index >= 15 is 0 Å². The molecule has 0 spiro atoms. The van der Waals surface area contributed by atoms with E-state index in [0.717, 1.165) is 17.5 Å². The Morgan fingerprint density at radius 1 is 1.16 bits per heavy atom. The van der Waals surface area contributed by atoms with Gasteiger partial charge in [-0.2, -0.15) is 0 Å². The summed E-state index contributed by atoms with van der Waals surface area (Å²) in [6.07, 6.45) is 0.751. The first-order valence-electron chi connectivity index (χ1n) is 7.86. The topological polar surface area (TPSA) is 64.6 Å². The average molecular weight is 453 g/mol. The third-order valence-electron chi connectivity index (χ3n) is 3.61. The van der Waals surface area contributed by atoms with Crippen LogP contribution in [0.4, 0.5) is 5.69 Å². The molecule has 6 heteroatoms. The molecule has 5 nitrogen and oxygen atoms in total. The summed E-state index contributed by atoms with van der Waals surface area (Å²) in [4.78, 5) is 23.1. The van der Waals surface area contributed by atoms with E-state index in [9.17, 15) is 9.59 Å². The molecule has 0 bridgehead atoms. The molecule has 0 radical (unpaired) electrons. The minimum atomic E-state index is -0.263. The molecule has 0 aliphatic carbocycles. The second-order valence-corrected chi connectivity index (χ2v) is 6.68. The van der Waals surface area contributed by atoms with Crippen LogP contribution in [-0.4, -0.2) is 25.4 Å². The van der Waals surface area contributed by atoms with Crippen LogP contribution >= 0.6 is 22.6 Å². The molecule has 0 atom stereocenters. The van der Waals surface area contributed by atoms with Gasteiger partial charge in [-0.3, -0.25) is 9.59 Å². The molecular formula is C19H20INO4. The van der Waals surface area contributed by atoms with Gasteiger partial charge < -0.3 is 14.8 Å². The first-order valence-corrected chi connectivity index (χ1v) is 8.94. The Kier molecular flexibility index (Phi) is 6.81. The summed E-state index contributed by atoms with van der Waals surface area (Å²) in [6, 6.07) is 9.03. The maximum atomic E-state index is 12.2. The Morgan fingerprint density at radius 3 is 2.56 bits per heavy atom. The predicted molar refractivity (Wildman–Crippen MR) is 106 cm³/mol. The van der Waals surface area contributed by atoms with Gasteiger partial charge >= 0.3 is 0 Å². The Morgan fingerprint density at radius 2 is 1.92 bits per heavy atom. The van der Waals surface area contributed by atoms with Gasteiger partial charge in [0.05, 0.1) is 10.2 Å². The number of hydrogen-bond donors (Lipinski definition) is 1. The third kappa shape index (κ3) is 5.19. The van der Waals surface area contributed by atoms with Crippen molar-refractivity contribution in [1.82, 2.24) is 0 Å². The molecule has 2 aromatic rings. The molecule has 2 rings (SSSR count). The normalized spacial score (nSPS) is 10.2. The van der Waals surface area contributed by atoms with Crippen molar-refractivity contribution < 1.29 is 19.1 Å². The lowest BCUT2D eigenvalue weighted by Crippen LogP contribution is -2.20. The average Bonchev–Trinajstić information content (AvgIpc) is 2.57. The highest BCUT2D eigenvalue weighted by Crippen LogP contribution is 2.33. The van der Waals surface area contributed by atoms with E-state index in [4.69, 9.17) is 9.47 Å². The van der Waals surface area contributed by atoms with Crippen LogP contribution in [0.15, 0.2) is 30.3 Å². The van der Waals surface area contributed by atoms with Crippen molar-refractivity contribution in [2.45, 2.75) is 20.8 Å². The molecule has 0 saturated carbocycles. The first-order chi connectivity index (χ1) is 11.9. The number of benzene rings is 2. The number of halogens is 1. The fourth-order valence-electron chi connectivity index (χ4n) is 2.21. The van der Waals surface area contributed by atoms with Gasteiger partial charge in [0.15, 0.2) is 18.1 Å². The minimum Gasteiger partial charge on any atom is -0.490 e. The lowest BCUT2D eigenvalue weighted by molar-refractivity contribution is -0.118. The zero-order valence-corrected chi connectivity index (χ0v) is 16.5. The van der Waals surface area contributed by atoms with Gasteiger partial charge in [0.25, 0.3) is 5.91 Å². The van der Waals surface area contributed by atoms with Crippen molar-refractivity contribution in [3.63, 3.8) is 0 Å². The van der Waals surface area contributed by atoms with E-state index in [1.54, 1.807) is 12.1 Å². The lowest BCUT2D eigenvalue weighted by atomic mass is 10.1. The molecule has 1 N–H and O–H groups in total. The summed E-state index contributed by atoms with van der Waals surface area (Å²) in [7, 11) is 0. The quantitative estimate of drug-likeness (QED) is 0.506. The number of hydrogen-bond acceptors (Lipinski definition) is 4. The van der Waals surface area contributed by atoms with Gasteiger partial charge in [0, 0.05) is 11.3 Å². The van der Waals surface area contributed by atoms with Crippen molar-refractivity contribution in [1.29, 1.82) is 0 Å². The molecule has 1 amide bonds. The molecule has 25 heavy (non-hydrogen) atoms. The summed E-state index contributed by atoms with van der Waals surface area (Å²) in [6.45, 7) is 6.14. The second-order valence-electron chi connectivity index (χ2n) is 5.52. The van der Waals surface area contributed by atoms with Crippen LogP contribution in [0.3, 0.4) is 0 Å². The van der Waals surface area contributed by atoms with Gasteiger partial charge in [-0.25, -0.2) is 0 Å². The predicted octanol–water partition coefficient (Wildman–Crippen LogP) is 4.14. The van der Waals surface area contributed by atoms with Gasteiger partial charge in [-0.1, -0.05) is 6.07 Å². The second kappa shape index (κ2) is 8.84. The fourth-order valence-corrected chi connectivity index (χ4v) is 2.99. The number of anilines is 1. The van der Waals surface area contributed by atoms with Crippen molar-refractivity contribution >= 4 is 40.5 Å². The molecular weight excluding hydrogens is 433 g/mol. The van der Waals surface area contributed by atoms with Crippen LogP contribution in [0.1, 0.15) is 28.4 Å². The first kappa shape index (κ1) is 19.2. The monoisotopic (exact) mass is 453 g/mol. The lowest BCUT2D eigenvalue weighted by Gasteiger charge is -2.14. The van der Waals surface area contributed by atoms with E-state index in [1.165, 1.54) is 5.56 Å². The molecule has 0 aromatic heterocycles. The van der Waals surface area contributed by atoms with Crippen LogP contribution < -0.4 is 14.8 Å². The van der Waals surface area contributed by atoms with Crippen LogP contribution in [-0.2, 0) is 4.79 Å². The highest BCUT2D eigenvalue weighted by atomic mass is 127. The number of ether oxygens (including phenoxy) is 2. The summed E-state index contributed by atoms with van der Waals surface area (Å²) in [5.41, 5.74) is 3.50. The summed E-state index contributed by atoms with van der Waals surface area (Å²) < 4.78 is 11.9. The van der Waals surface area contributed by atoms with Crippen molar-refractivity contribution in [2.24, 2.45) is 0 Å². The molecule has 0 fully saturated rings. The van der Waals surface area contributed by atoms with E-state index < -0.39 is 0 Å². The van der Waals surface area contributed by atoms with Crippen LogP contribution in [0.25, 0.3) is 0 Å². The number of amides is 1. The van der Waals surface area contributed by atoms with Crippen molar-refractivity contribution in [3.8, 4) is 11.5 Å². The van der Waals surface area contributed by atoms with Crippen LogP contribution in [0, 0.1) is 17.4 Å². The number of rotatable bonds is 7. The molecule has 0 saturated heterocycles. The molecule has 132 valence electrons. The molecule has 0 aliphatic rings. The molecule has 2 aromatic carbocycles. The van der Waals surface area contributed by atoms with Gasteiger partial charge in [0.2, 0.25) is 0 Å². The van der Waals surface area contributed by atoms with E-state index in [0.29, 0.717) is 27.2 Å². The summed E-state index contributed by atoms with van der Waals surface area (Å²) in [5, 5.41) is 2.81. The third-order valence-corrected chi connectivity index (χ3v) is 4.41. The SMILES string of the molecule is CCOc1cc(C=O)cc(I)c1OCC(=O)Nc1ccc(C)c(C)c1. The van der Waals surface area contributed by atoms with Crippen molar-refractivity contribution in [2.75, 3.05) is 18.5 Å². The Labute approximate surface area is 160 Å². The highest BCUT2D eigenvalue weighted by Gasteiger charge is 2.14. The van der Waals surface area contributed by atoms with Gasteiger partial charge in [-0.05, 0) is 78.8 Å². The van der Waals surface area contributed by atoms with Crippen LogP contribution in [0.2, 0.25) is 0 Å². The molecule has 0 heterocycles. The maximum Gasteiger partial charge on any atom is 0.262 e. The number of aldehydes is 1. The number of carbonyl (C=O) groups is 2. The van der Waals surface area contributed by atoms with Crippen LogP contribution in [0.5, 0.6) is 11.5 Å². The smallest absolute Gasteiger partial charge is 0.262 e. The largest absolute Gasteiger partial charge is 0.490 e. The Hall–Kier alpha value is -2.09. The zero-order valence-electron chi connectivity index (χ0n) is 14.4. The summed E-state index contributed by atoms with van der Waals surface area (Å²) in [5.74, 6) is 0.653. The minimum absolute atomic E-state index is 0.149. The standard InChI is InChI=1S/C19H20INO4/c1-4-24-17-9-14(10-22)8-16(20)19(17)25-11-18(23)21-15-6-5-12(2)13(3)7-15/h5-10H,4,11H2,1-3H3,(H,21,23). The highest BCUT2D eigenvalue weighted by molar-refractivity contribution is 14.1. The number of nitrogens with one attached hydrogen (secondary N) is 1. The van der Waals surface area contributed by atoms with Crippen molar-refractivity contribution in [3.05, 3.63) is 50.6 Å². The molecule has 0 aliphatic heterocycles. The van der Waals surface area contributed by atoms with E-state index in [2.05, 4.69) is 27.9 Å². The number of aryl methyl sites for hydroxylation is 2. The van der Waals surface area contributed by atoms with E-state index in [-0.39, 0.29) is 12.5 Å². The Bertz CT molecular complexity index is 789. The van der Waals surface area contributed by atoms with Gasteiger partial charge in [-0.15, -0.1) is 0 Å². The maximum absolute atomic E-state index is 12.2. The number of carbonyl (C=O) groups excluding carboxylic acids is 2. The fraction of sp³-hybridized carbons (Fsp3) is 0.263. The molecule has 0 unspecified atom stereocenters. The van der Waals surface area contributed by atoms with E-state index in [1.807, 2.05) is 39.0 Å². The Balaban J connectivity index is 2.08.